The SMILES string of the molecule is COC(CN)CC(=O)NCC(C)(C)c1ccc(Cl)c(Cl)c1.Cl. The lowest BCUT2D eigenvalue weighted by atomic mass is 9.84. The summed E-state index contributed by atoms with van der Waals surface area (Å²) < 4.78 is 5.10. The largest absolute Gasteiger partial charge is 0.380 e. The van der Waals surface area contributed by atoms with Crippen LogP contribution in [-0.2, 0) is 14.9 Å². The van der Waals surface area contributed by atoms with Crippen LogP contribution in [0.1, 0.15) is 25.8 Å². The van der Waals surface area contributed by atoms with Gasteiger partial charge in [-0.25, -0.2) is 0 Å². The minimum Gasteiger partial charge on any atom is -0.380 e. The zero-order valence-corrected chi connectivity index (χ0v) is 15.3. The van der Waals surface area contributed by atoms with Crippen LogP contribution in [0.15, 0.2) is 18.2 Å². The van der Waals surface area contributed by atoms with Crippen molar-refractivity contribution in [2.75, 3.05) is 20.2 Å². The Balaban J connectivity index is 0.00000441. The van der Waals surface area contributed by atoms with Gasteiger partial charge in [-0.3, -0.25) is 4.79 Å². The molecule has 0 aliphatic carbocycles. The first-order valence-corrected chi connectivity index (χ1v) is 7.51. The van der Waals surface area contributed by atoms with Gasteiger partial charge in [0.1, 0.15) is 0 Å². The number of ether oxygens (including phenoxy) is 1. The molecule has 0 aromatic heterocycles. The number of hydrogen-bond donors (Lipinski definition) is 2. The number of rotatable bonds is 7. The maximum Gasteiger partial charge on any atom is 0.222 e. The van der Waals surface area contributed by atoms with E-state index in [1.54, 1.807) is 13.2 Å². The molecule has 3 N–H and O–H groups in total. The molecule has 0 aliphatic rings. The van der Waals surface area contributed by atoms with Crippen molar-refractivity contribution in [3.63, 3.8) is 0 Å². The second kappa shape index (κ2) is 9.58. The Morgan fingerprint density at radius 2 is 2.00 bits per heavy atom. The number of nitrogens with one attached hydrogen (secondary N) is 1. The van der Waals surface area contributed by atoms with Crippen molar-refractivity contribution >= 4 is 41.5 Å². The second-order valence-electron chi connectivity index (χ2n) is 5.59. The topological polar surface area (TPSA) is 64.3 Å². The van der Waals surface area contributed by atoms with Crippen LogP contribution in [0.25, 0.3) is 0 Å². The summed E-state index contributed by atoms with van der Waals surface area (Å²) in [6, 6.07) is 5.50. The van der Waals surface area contributed by atoms with Crippen LogP contribution >= 0.6 is 35.6 Å². The van der Waals surface area contributed by atoms with Gasteiger partial charge in [-0.2, -0.15) is 0 Å². The molecular formula is C15H23Cl3N2O2. The molecule has 1 atom stereocenters. The van der Waals surface area contributed by atoms with E-state index in [0.717, 1.165) is 5.56 Å². The van der Waals surface area contributed by atoms with Crippen LogP contribution in [0, 0.1) is 0 Å². The van der Waals surface area contributed by atoms with E-state index in [1.165, 1.54) is 0 Å². The van der Waals surface area contributed by atoms with Gasteiger partial charge in [-0.15, -0.1) is 12.4 Å². The van der Waals surface area contributed by atoms with E-state index >= 15 is 0 Å². The molecule has 0 heterocycles. The molecule has 1 amide bonds. The molecule has 1 rings (SSSR count). The third-order valence-corrected chi connectivity index (χ3v) is 4.18. The summed E-state index contributed by atoms with van der Waals surface area (Å²) in [6.07, 6.45) is 0.00265. The third kappa shape index (κ3) is 6.31. The standard InChI is InChI=1S/C15H22Cl2N2O2.ClH/c1-15(2,10-4-5-12(16)13(17)6-10)9-19-14(20)7-11(8-18)21-3;/h4-6,11H,7-9,18H2,1-3H3,(H,19,20);1H. The van der Waals surface area contributed by atoms with Gasteiger partial charge in [0.25, 0.3) is 0 Å². The average molecular weight is 370 g/mol. The molecule has 0 saturated carbocycles. The van der Waals surface area contributed by atoms with E-state index < -0.39 is 0 Å². The molecule has 0 radical (unpaired) electrons. The fourth-order valence-electron chi connectivity index (χ4n) is 1.88. The molecule has 0 spiro atoms. The first-order chi connectivity index (χ1) is 9.80. The Hall–Kier alpha value is -0.520. The molecule has 1 aromatic carbocycles. The molecule has 0 aliphatic heterocycles. The van der Waals surface area contributed by atoms with E-state index in [-0.39, 0.29) is 36.3 Å². The molecular weight excluding hydrogens is 347 g/mol. The van der Waals surface area contributed by atoms with Gasteiger partial charge in [0.05, 0.1) is 22.6 Å². The van der Waals surface area contributed by atoms with E-state index in [2.05, 4.69) is 5.32 Å². The fourth-order valence-corrected chi connectivity index (χ4v) is 2.18. The smallest absolute Gasteiger partial charge is 0.222 e. The molecule has 0 bridgehead atoms. The molecule has 1 unspecified atom stereocenters. The number of halogens is 3. The van der Waals surface area contributed by atoms with Gasteiger partial charge in [0.2, 0.25) is 5.91 Å². The minimum absolute atomic E-state index is 0. The zero-order valence-electron chi connectivity index (χ0n) is 13.0. The summed E-state index contributed by atoms with van der Waals surface area (Å²) in [6.45, 7) is 4.87. The van der Waals surface area contributed by atoms with Crippen LogP contribution < -0.4 is 11.1 Å². The van der Waals surface area contributed by atoms with Crippen molar-refractivity contribution in [3.05, 3.63) is 33.8 Å². The quantitative estimate of drug-likeness (QED) is 0.776. The highest BCUT2D eigenvalue weighted by Crippen LogP contribution is 2.29. The van der Waals surface area contributed by atoms with Gasteiger partial charge in [0.15, 0.2) is 0 Å². The number of carbonyl (C=O) groups is 1. The minimum atomic E-state index is -0.255. The number of carbonyl (C=O) groups excluding carboxylic acids is 1. The summed E-state index contributed by atoms with van der Waals surface area (Å²) in [4.78, 5) is 11.9. The Morgan fingerprint density at radius 3 is 2.50 bits per heavy atom. The van der Waals surface area contributed by atoms with Crippen molar-refractivity contribution < 1.29 is 9.53 Å². The molecule has 1 aromatic rings. The maximum atomic E-state index is 11.9. The Bertz CT molecular complexity index is 492. The van der Waals surface area contributed by atoms with Crippen LogP contribution in [0.3, 0.4) is 0 Å². The molecule has 22 heavy (non-hydrogen) atoms. The Labute approximate surface area is 148 Å². The molecule has 4 nitrogen and oxygen atoms in total. The monoisotopic (exact) mass is 368 g/mol. The van der Waals surface area contributed by atoms with E-state index in [4.69, 9.17) is 33.7 Å². The van der Waals surface area contributed by atoms with Crippen LogP contribution in [0.2, 0.25) is 10.0 Å². The fraction of sp³-hybridized carbons (Fsp3) is 0.533. The predicted molar refractivity (Wildman–Crippen MR) is 94.2 cm³/mol. The van der Waals surface area contributed by atoms with Gasteiger partial charge in [0, 0.05) is 25.6 Å². The number of methoxy groups -OCH3 is 1. The van der Waals surface area contributed by atoms with Crippen molar-refractivity contribution in [1.29, 1.82) is 0 Å². The lowest BCUT2D eigenvalue weighted by molar-refractivity contribution is -0.123. The van der Waals surface area contributed by atoms with Crippen molar-refractivity contribution in [3.8, 4) is 0 Å². The van der Waals surface area contributed by atoms with Gasteiger partial charge in [-0.05, 0) is 17.7 Å². The second-order valence-corrected chi connectivity index (χ2v) is 6.40. The Kier molecular flexibility index (Phi) is 9.35. The Morgan fingerprint density at radius 1 is 1.36 bits per heavy atom. The highest BCUT2D eigenvalue weighted by atomic mass is 35.5. The van der Waals surface area contributed by atoms with E-state index in [9.17, 15) is 4.79 Å². The summed E-state index contributed by atoms with van der Waals surface area (Å²) in [5.41, 5.74) is 6.26. The maximum absolute atomic E-state index is 11.9. The number of benzene rings is 1. The van der Waals surface area contributed by atoms with Gasteiger partial charge in [-0.1, -0.05) is 43.1 Å². The zero-order chi connectivity index (χ0) is 16.0. The highest BCUT2D eigenvalue weighted by Gasteiger charge is 2.23. The molecule has 7 heteroatoms. The first kappa shape index (κ1) is 21.5. The van der Waals surface area contributed by atoms with Crippen molar-refractivity contribution in [2.24, 2.45) is 5.73 Å². The van der Waals surface area contributed by atoms with E-state index in [0.29, 0.717) is 23.1 Å². The highest BCUT2D eigenvalue weighted by molar-refractivity contribution is 6.42. The summed E-state index contributed by atoms with van der Waals surface area (Å²) in [5.74, 6) is -0.0829. The predicted octanol–water partition coefficient (Wildman–Crippen LogP) is 3.17. The first-order valence-electron chi connectivity index (χ1n) is 6.75. The van der Waals surface area contributed by atoms with Gasteiger partial charge < -0.3 is 15.8 Å². The molecule has 0 fully saturated rings. The lowest BCUT2D eigenvalue weighted by Crippen LogP contribution is -2.39. The molecule has 0 saturated heterocycles. The lowest BCUT2D eigenvalue weighted by Gasteiger charge is -2.26. The van der Waals surface area contributed by atoms with Crippen molar-refractivity contribution in [1.82, 2.24) is 5.32 Å². The van der Waals surface area contributed by atoms with Gasteiger partial charge >= 0.3 is 0 Å². The van der Waals surface area contributed by atoms with Crippen molar-refractivity contribution in [2.45, 2.75) is 31.8 Å². The number of amides is 1. The molecule has 126 valence electrons. The normalized spacial score (nSPS) is 12.5. The average Bonchev–Trinajstić information content (AvgIpc) is 2.45. The summed E-state index contributed by atoms with van der Waals surface area (Å²) in [7, 11) is 1.55. The number of nitrogens with two attached hydrogens (primary N) is 1. The van der Waals surface area contributed by atoms with Crippen LogP contribution in [0.4, 0.5) is 0 Å². The van der Waals surface area contributed by atoms with E-state index in [1.807, 2.05) is 26.0 Å². The summed E-state index contributed by atoms with van der Waals surface area (Å²) in [5, 5.41) is 3.93. The summed E-state index contributed by atoms with van der Waals surface area (Å²) >= 11 is 12.0. The number of hydrogen-bond acceptors (Lipinski definition) is 3. The van der Waals surface area contributed by atoms with Crippen LogP contribution in [0.5, 0.6) is 0 Å². The van der Waals surface area contributed by atoms with Crippen LogP contribution in [-0.4, -0.2) is 32.2 Å². The third-order valence-electron chi connectivity index (χ3n) is 3.44.